The van der Waals surface area contributed by atoms with E-state index in [0.29, 0.717) is 18.4 Å². The minimum atomic E-state index is -0.408. The second-order valence-corrected chi connectivity index (χ2v) is 5.56. The largest absolute Gasteiger partial charge is 0.469 e. The molecule has 114 valence electrons. The number of amides is 1. The molecule has 0 spiro atoms. The van der Waals surface area contributed by atoms with E-state index in [4.69, 9.17) is 4.74 Å². The number of rotatable bonds is 3. The zero-order valence-corrected chi connectivity index (χ0v) is 12.3. The number of ether oxygens (including phenoxy) is 1. The highest BCUT2D eigenvalue weighted by Crippen LogP contribution is 2.25. The third kappa shape index (κ3) is 4.03. The second kappa shape index (κ2) is 6.70. The molecule has 1 aromatic carbocycles. The third-order valence-corrected chi connectivity index (χ3v) is 3.90. The van der Waals surface area contributed by atoms with E-state index in [9.17, 15) is 14.0 Å². The van der Waals surface area contributed by atoms with E-state index in [-0.39, 0.29) is 23.8 Å². The Morgan fingerprint density at radius 2 is 1.86 bits per heavy atom. The van der Waals surface area contributed by atoms with Crippen molar-refractivity contribution in [1.29, 1.82) is 0 Å². The molecule has 0 unspecified atom stereocenters. The van der Waals surface area contributed by atoms with Crippen molar-refractivity contribution in [3.8, 4) is 0 Å². The van der Waals surface area contributed by atoms with Gasteiger partial charge >= 0.3 is 5.97 Å². The van der Waals surface area contributed by atoms with Gasteiger partial charge in [-0.25, -0.2) is 4.39 Å². The number of esters is 1. The number of hydrogen-bond acceptors (Lipinski definition) is 3. The maximum absolute atomic E-state index is 13.3. The Labute approximate surface area is 123 Å². The summed E-state index contributed by atoms with van der Waals surface area (Å²) in [6.07, 6.45) is 2.89. The maximum Gasteiger partial charge on any atom is 0.308 e. The molecule has 1 aromatic rings. The quantitative estimate of drug-likeness (QED) is 0.872. The van der Waals surface area contributed by atoms with Crippen LogP contribution in [0.4, 0.5) is 4.39 Å². The summed E-state index contributed by atoms with van der Waals surface area (Å²) in [6.45, 7) is 1.75. The number of carbonyl (C=O) groups excluding carboxylic acids is 2. The number of hydrogen-bond donors (Lipinski definition) is 1. The van der Waals surface area contributed by atoms with Gasteiger partial charge < -0.3 is 10.1 Å². The summed E-state index contributed by atoms with van der Waals surface area (Å²) in [5, 5.41) is 2.91. The smallest absolute Gasteiger partial charge is 0.308 e. The van der Waals surface area contributed by atoms with Crippen LogP contribution in [-0.4, -0.2) is 25.0 Å². The third-order valence-electron chi connectivity index (χ3n) is 3.90. The SMILES string of the molecule is COC(=O)C1CCC(NC(=O)c2cc(C)cc(F)c2)CC1. The molecular formula is C16H20FNO3. The van der Waals surface area contributed by atoms with Crippen molar-refractivity contribution in [3.05, 3.63) is 35.1 Å². The monoisotopic (exact) mass is 293 g/mol. The number of nitrogens with one attached hydrogen (secondary N) is 1. The average Bonchev–Trinajstić information content (AvgIpc) is 2.46. The molecule has 2 rings (SSSR count). The predicted octanol–water partition coefficient (Wildman–Crippen LogP) is 2.60. The van der Waals surface area contributed by atoms with Crippen LogP contribution in [-0.2, 0) is 9.53 Å². The van der Waals surface area contributed by atoms with Gasteiger partial charge in [0.25, 0.3) is 5.91 Å². The van der Waals surface area contributed by atoms with Crippen molar-refractivity contribution in [3.63, 3.8) is 0 Å². The van der Waals surface area contributed by atoms with Gasteiger partial charge in [-0.15, -0.1) is 0 Å². The molecule has 0 aliphatic heterocycles. The highest BCUT2D eigenvalue weighted by molar-refractivity contribution is 5.94. The lowest BCUT2D eigenvalue weighted by atomic mass is 9.86. The van der Waals surface area contributed by atoms with Crippen LogP contribution in [0.15, 0.2) is 18.2 Å². The van der Waals surface area contributed by atoms with Gasteiger partial charge in [0, 0.05) is 11.6 Å². The number of aryl methyl sites for hydroxylation is 1. The minimum Gasteiger partial charge on any atom is -0.469 e. The Kier molecular flexibility index (Phi) is 4.94. The molecule has 0 radical (unpaired) electrons. The molecule has 1 aliphatic carbocycles. The van der Waals surface area contributed by atoms with Crippen molar-refractivity contribution in [1.82, 2.24) is 5.32 Å². The first-order chi connectivity index (χ1) is 9.99. The maximum atomic E-state index is 13.3. The van der Waals surface area contributed by atoms with Gasteiger partial charge in [-0.2, -0.15) is 0 Å². The molecule has 1 fully saturated rings. The minimum absolute atomic E-state index is 0.0296. The van der Waals surface area contributed by atoms with Crippen LogP contribution in [0.25, 0.3) is 0 Å². The van der Waals surface area contributed by atoms with Gasteiger partial charge in [0.1, 0.15) is 5.82 Å². The van der Waals surface area contributed by atoms with Crippen LogP contribution in [0.1, 0.15) is 41.6 Å². The molecule has 1 N–H and O–H groups in total. The van der Waals surface area contributed by atoms with Crippen LogP contribution in [0.3, 0.4) is 0 Å². The average molecular weight is 293 g/mol. The lowest BCUT2D eigenvalue weighted by molar-refractivity contribution is -0.146. The van der Waals surface area contributed by atoms with Crippen molar-refractivity contribution in [2.75, 3.05) is 7.11 Å². The zero-order valence-electron chi connectivity index (χ0n) is 12.3. The molecule has 21 heavy (non-hydrogen) atoms. The fourth-order valence-electron chi connectivity index (χ4n) is 2.78. The molecule has 5 heteroatoms. The summed E-state index contributed by atoms with van der Waals surface area (Å²) < 4.78 is 18.0. The number of benzene rings is 1. The summed E-state index contributed by atoms with van der Waals surface area (Å²) in [6, 6.07) is 4.32. The van der Waals surface area contributed by atoms with E-state index in [1.54, 1.807) is 13.0 Å². The van der Waals surface area contributed by atoms with E-state index in [0.717, 1.165) is 18.4 Å². The van der Waals surface area contributed by atoms with Crippen molar-refractivity contribution in [2.45, 2.75) is 38.6 Å². The van der Waals surface area contributed by atoms with Crippen molar-refractivity contribution < 1.29 is 18.7 Å². The number of methoxy groups -OCH3 is 1. The number of carbonyl (C=O) groups is 2. The van der Waals surface area contributed by atoms with Crippen LogP contribution < -0.4 is 5.32 Å². The van der Waals surface area contributed by atoms with E-state index in [1.807, 2.05) is 0 Å². The molecule has 0 bridgehead atoms. The summed E-state index contributed by atoms with van der Waals surface area (Å²) in [4.78, 5) is 23.6. The van der Waals surface area contributed by atoms with E-state index in [1.165, 1.54) is 19.2 Å². The van der Waals surface area contributed by atoms with Crippen LogP contribution >= 0.6 is 0 Å². The van der Waals surface area contributed by atoms with Gasteiger partial charge in [0.15, 0.2) is 0 Å². The second-order valence-electron chi connectivity index (χ2n) is 5.56. The molecule has 0 atom stereocenters. The Balaban J connectivity index is 1.91. The van der Waals surface area contributed by atoms with Gasteiger partial charge in [-0.05, 0) is 56.4 Å². The Morgan fingerprint density at radius 3 is 2.43 bits per heavy atom. The van der Waals surface area contributed by atoms with Crippen molar-refractivity contribution >= 4 is 11.9 Å². The van der Waals surface area contributed by atoms with E-state index < -0.39 is 5.82 Å². The van der Waals surface area contributed by atoms with Crippen LogP contribution in [0.2, 0.25) is 0 Å². The summed E-state index contributed by atoms with van der Waals surface area (Å²) in [5.41, 5.74) is 1.05. The molecule has 1 amide bonds. The van der Waals surface area contributed by atoms with Gasteiger partial charge in [-0.3, -0.25) is 9.59 Å². The van der Waals surface area contributed by atoms with Gasteiger partial charge in [0.2, 0.25) is 0 Å². The topological polar surface area (TPSA) is 55.4 Å². The number of halogens is 1. The Bertz CT molecular complexity index is 516. The first kappa shape index (κ1) is 15.5. The van der Waals surface area contributed by atoms with E-state index in [2.05, 4.69) is 5.32 Å². The zero-order chi connectivity index (χ0) is 15.4. The molecule has 0 saturated heterocycles. The molecular weight excluding hydrogens is 273 g/mol. The molecule has 0 heterocycles. The summed E-state index contributed by atoms with van der Waals surface area (Å²) in [7, 11) is 1.39. The molecule has 4 nitrogen and oxygen atoms in total. The lowest BCUT2D eigenvalue weighted by Gasteiger charge is -2.27. The van der Waals surface area contributed by atoms with E-state index >= 15 is 0 Å². The normalized spacial score (nSPS) is 21.7. The summed E-state index contributed by atoms with van der Waals surface area (Å²) in [5.74, 6) is -0.922. The standard InChI is InChI=1S/C16H20FNO3/c1-10-7-12(9-13(17)8-10)15(19)18-14-5-3-11(4-6-14)16(20)21-2/h7-9,11,14H,3-6H2,1-2H3,(H,18,19). The Hall–Kier alpha value is -1.91. The fourth-order valence-corrected chi connectivity index (χ4v) is 2.78. The summed E-state index contributed by atoms with van der Waals surface area (Å²) >= 11 is 0. The lowest BCUT2D eigenvalue weighted by Crippen LogP contribution is -2.39. The van der Waals surface area contributed by atoms with Gasteiger partial charge in [-0.1, -0.05) is 0 Å². The molecule has 0 aromatic heterocycles. The van der Waals surface area contributed by atoms with Crippen LogP contribution in [0.5, 0.6) is 0 Å². The Morgan fingerprint density at radius 1 is 1.19 bits per heavy atom. The first-order valence-corrected chi connectivity index (χ1v) is 7.15. The van der Waals surface area contributed by atoms with Gasteiger partial charge in [0.05, 0.1) is 13.0 Å². The highest BCUT2D eigenvalue weighted by Gasteiger charge is 2.27. The highest BCUT2D eigenvalue weighted by atomic mass is 19.1. The van der Waals surface area contributed by atoms with Crippen LogP contribution in [0, 0.1) is 18.7 Å². The molecule has 1 aliphatic rings. The predicted molar refractivity (Wildman–Crippen MR) is 76.4 cm³/mol. The van der Waals surface area contributed by atoms with Crippen molar-refractivity contribution in [2.24, 2.45) is 5.92 Å². The first-order valence-electron chi connectivity index (χ1n) is 7.15. The molecule has 1 saturated carbocycles. The fraction of sp³-hybridized carbons (Fsp3) is 0.500.